The largest absolute Gasteiger partial charge is 0.481 e. The van der Waals surface area contributed by atoms with E-state index >= 15 is 0 Å². The summed E-state index contributed by atoms with van der Waals surface area (Å²) < 4.78 is 56.1. The van der Waals surface area contributed by atoms with Crippen LogP contribution in [0.1, 0.15) is 26.4 Å². The van der Waals surface area contributed by atoms with Crippen molar-refractivity contribution in [3.8, 4) is 40.0 Å². The first-order valence-electron chi connectivity index (χ1n) is 12.9. The van der Waals surface area contributed by atoms with Crippen molar-refractivity contribution >= 4 is 34.2 Å². The summed E-state index contributed by atoms with van der Waals surface area (Å²) in [5.41, 5.74) is 6.14. The molecule has 5 rings (SSSR count). The van der Waals surface area contributed by atoms with E-state index in [2.05, 4.69) is 25.3 Å². The lowest BCUT2D eigenvalue weighted by atomic mass is 10.0. The van der Waals surface area contributed by atoms with Gasteiger partial charge in [-0.25, -0.2) is 14.8 Å². The first-order valence-corrected chi connectivity index (χ1v) is 12.9. The van der Waals surface area contributed by atoms with Crippen molar-refractivity contribution in [2.75, 3.05) is 26.6 Å². The van der Waals surface area contributed by atoms with Crippen molar-refractivity contribution < 1.29 is 42.1 Å². The zero-order chi connectivity index (χ0) is 32.5. The molecule has 0 atom stereocenters. The summed E-state index contributed by atoms with van der Waals surface area (Å²) in [5, 5.41) is 13.3. The molecule has 2 aromatic carbocycles. The van der Waals surface area contributed by atoms with Gasteiger partial charge in [0.25, 0.3) is 5.91 Å². The zero-order valence-corrected chi connectivity index (χ0v) is 23.8. The predicted molar refractivity (Wildman–Crippen MR) is 156 cm³/mol. The van der Waals surface area contributed by atoms with Crippen molar-refractivity contribution in [3.05, 3.63) is 77.7 Å². The summed E-state index contributed by atoms with van der Waals surface area (Å²) in [6.45, 7) is 0. The number of nitrogens with two attached hydrogens (primary N) is 1. The Morgan fingerprint density at radius 3 is 2.27 bits per heavy atom. The van der Waals surface area contributed by atoms with Gasteiger partial charge in [0.15, 0.2) is 0 Å². The SMILES string of the molecule is COc1cc(-c2cc(Nc3c(C(N)=O)cnc4cc(-c5cnc(OC)nc5OC)ccc34)cc(C(=O)O)c2)cc(C(F)(F)F)n1. The van der Waals surface area contributed by atoms with Crippen LogP contribution >= 0.6 is 0 Å². The van der Waals surface area contributed by atoms with Crippen LogP contribution in [-0.2, 0) is 6.18 Å². The number of aromatic carboxylic acids is 1. The normalized spacial score (nSPS) is 11.2. The van der Waals surface area contributed by atoms with Crippen LogP contribution in [0.2, 0.25) is 0 Å². The van der Waals surface area contributed by atoms with E-state index in [1.807, 2.05) is 0 Å². The van der Waals surface area contributed by atoms with E-state index in [4.69, 9.17) is 19.9 Å². The third-order valence-electron chi connectivity index (χ3n) is 6.64. The third kappa shape index (κ3) is 6.22. The quantitative estimate of drug-likeness (QED) is 0.194. The molecule has 0 spiro atoms. The molecule has 3 heterocycles. The summed E-state index contributed by atoms with van der Waals surface area (Å²) in [5.74, 6) is -2.25. The summed E-state index contributed by atoms with van der Waals surface area (Å²) in [4.78, 5) is 40.6. The number of nitrogens with one attached hydrogen (secondary N) is 1. The Hall–Kier alpha value is -5.99. The van der Waals surface area contributed by atoms with Crippen LogP contribution in [0.3, 0.4) is 0 Å². The molecule has 45 heavy (non-hydrogen) atoms. The number of hydrogen-bond acceptors (Lipinski definition) is 10. The van der Waals surface area contributed by atoms with Crippen molar-refractivity contribution in [1.29, 1.82) is 0 Å². The number of pyridine rings is 2. The highest BCUT2D eigenvalue weighted by atomic mass is 19.4. The Labute approximate surface area is 252 Å². The maximum Gasteiger partial charge on any atom is 0.433 e. The number of alkyl halides is 3. The molecule has 5 aromatic rings. The van der Waals surface area contributed by atoms with Crippen molar-refractivity contribution in [1.82, 2.24) is 19.9 Å². The number of carbonyl (C=O) groups is 2. The molecule has 0 saturated carbocycles. The lowest BCUT2D eigenvalue weighted by molar-refractivity contribution is -0.141. The lowest BCUT2D eigenvalue weighted by Crippen LogP contribution is -2.14. The maximum absolute atomic E-state index is 13.6. The van der Waals surface area contributed by atoms with Gasteiger partial charge in [-0.2, -0.15) is 18.2 Å². The van der Waals surface area contributed by atoms with Gasteiger partial charge in [0, 0.05) is 29.5 Å². The Balaban J connectivity index is 1.65. The number of hydrogen-bond donors (Lipinski definition) is 3. The number of halogens is 3. The minimum atomic E-state index is -4.79. The molecule has 0 saturated heterocycles. The number of ether oxygens (including phenoxy) is 3. The topological polar surface area (TPSA) is 172 Å². The molecular weight excluding hydrogens is 597 g/mol. The van der Waals surface area contributed by atoms with Crippen LogP contribution in [0.5, 0.6) is 17.8 Å². The maximum atomic E-state index is 13.6. The van der Waals surface area contributed by atoms with Crippen LogP contribution in [-0.4, -0.2) is 58.2 Å². The Morgan fingerprint density at radius 1 is 0.867 bits per heavy atom. The van der Waals surface area contributed by atoms with Crippen LogP contribution in [0, 0.1) is 0 Å². The fourth-order valence-corrected chi connectivity index (χ4v) is 4.54. The number of aromatic nitrogens is 4. The molecule has 15 heteroatoms. The Morgan fingerprint density at radius 2 is 1.62 bits per heavy atom. The zero-order valence-electron chi connectivity index (χ0n) is 23.8. The number of amides is 1. The lowest BCUT2D eigenvalue weighted by Gasteiger charge is -2.16. The Kier molecular flexibility index (Phi) is 8.09. The smallest absolute Gasteiger partial charge is 0.433 e. The van der Waals surface area contributed by atoms with Crippen molar-refractivity contribution in [2.45, 2.75) is 6.18 Å². The van der Waals surface area contributed by atoms with Gasteiger partial charge in [0.1, 0.15) is 5.69 Å². The monoisotopic (exact) mass is 620 g/mol. The van der Waals surface area contributed by atoms with Gasteiger partial charge in [-0.3, -0.25) is 9.78 Å². The van der Waals surface area contributed by atoms with E-state index in [1.165, 1.54) is 50.9 Å². The molecule has 4 N–H and O–H groups in total. The number of anilines is 2. The second-order valence-electron chi connectivity index (χ2n) is 9.43. The summed E-state index contributed by atoms with van der Waals surface area (Å²) in [6.07, 6.45) is -2.02. The highest BCUT2D eigenvalue weighted by Crippen LogP contribution is 2.37. The molecule has 0 aliphatic heterocycles. The minimum Gasteiger partial charge on any atom is -0.481 e. The molecule has 0 aliphatic rings. The second-order valence-corrected chi connectivity index (χ2v) is 9.43. The average molecular weight is 621 g/mol. The van der Waals surface area contributed by atoms with Gasteiger partial charge >= 0.3 is 18.2 Å². The van der Waals surface area contributed by atoms with Gasteiger partial charge in [-0.15, -0.1) is 0 Å². The van der Waals surface area contributed by atoms with Gasteiger partial charge in [0.2, 0.25) is 11.8 Å². The molecule has 1 amide bonds. The number of fused-ring (bicyclic) bond motifs is 1. The summed E-state index contributed by atoms with van der Waals surface area (Å²) >= 11 is 0. The standard InChI is InChI=1S/C30H23F3N6O6/c1-43-24-11-16(10-23(38-24)30(31,32)33)15-6-17(28(41)42)8-18(7-15)37-25-19-5-4-14(9-22(19)35-13-21(25)26(34)40)20-12-36-29(45-3)39-27(20)44-2/h4-13H,1-3H3,(H2,34,40)(H,35,37)(H,41,42). The molecule has 230 valence electrons. The second kappa shape index (κ2) is 11.9. The van der Waals surface area contributed by atoms with Crippen LogP contribution < -0.4 is 25.3 Å². The van der Waals surface area contributed by atoms with Crippen LogP contribution in [0.25, 0.3) is 33.2 Å². The van der Waals surface area contributed by atoms with Crippen molar-refractivity contribution in [3.63, 3.8) is 0 Å². The van der Waals surface area contributed by atoms with E-state index in [9.17, 15) is 27.9 Å². The van der Waals surface area contributed by atoms with Crippen LogP contribution in [0.4, 0.5) is 24.5 Å². The highest BCUT2D eigenvalue weighted by Gasteiger charge is 2.33. The first-order chi connectivity index (χ1) is 21.4. The summed E-state index contributed by atoms with van der Waals surface area (Å²) in [6, 6.07) is 11.1. The van der Waals surface area contributed by atoms with E-state index in [-0.39, 0.29) is 51.4 Å². The minimum absolute atomic E-state index is 0.00432. The molecule has 12 nitrogen and oxygen atoms in total. The van der Waals surface area contributed by atoms with Crippen LogP contribution in [0.15, 0.2) is 60.9 Å². The van der Waals surface area contributed by atoms with Gasteiger partial charge < -0.3 is 30.4 Å². The fraction of sp³-hybridized carbons (Fsp3) is 0.133. The summed E-state index contributed by atoms with van der Waals surface area (Å²) in [7, 11) is 4.02. The number of carbonyl (C=O) groups excluding carboxylic acids is 1. The number of benzene rings is 2. The van der Waals surface area contributed by atoms with Gasteiger partial charge in [0.05, 0.1) is 49.2 Å². The fourth-order valence-electron chi connectivity index (χ4n) is 4.54. The number of methoxy groups -OCH3 is 3. The molecule has 0 fully saturated rings. The van der Waals surface area contributed by atoms with Crippen molar-refractivity contribution in [2.24, 2.45) is 5.73 Å². The molecule has 0 unspecified atom stereocenters. The number of nitrogens with zero attached hydrogens (tertiary/aromatic N) is 4. The number of rotatable bonds is 9. The molecule has 0 bridgehead atoms. The van der Waals surface area contributed by atoms with E-state index in [1.54, 1.807) is 18.2 Å². The third-order valence-corrected chi connectivity index (χ3v) is 6.64. The molecular formula is C30H23F3N6O6. The number of primary amides is 1. The van der Waals surface area contributed by atoms with E-state index in [0.717, 1.165) is 13.2 Å². The van der Waals surface area contributed by atoms with Gasteiger partial charge in [-0.05, 0) is 47.0 Å². The van der Waals surface area contributed by atoms with E-state index < -0.39 is 23.7 Å². The van der Waals surface area contributed by atoms with Gasteiger partial charge in [-0.1, -0.05) is 12.1 Å². The Bertz CT molecular complexity index is 1970. The average Bonchev–Trinajstić information content (AvgIpc) is 3.03. The number of carboxylic acid groups (broad SMARTS) is 1. The first kappa shape index (κ1) is 30.5. The highest BCUT2D eigenvalue weighted by molar-refractivity contribution is 6.08. The predicted octanol–water partition coefficient (Wildman–Crippen LogP) is 5.34. The molecule has 3 aromatic heterocycles. The molecule has 0 radical (unpaired) electrons. The number of carboxylic acids is 1. The molecule has 0 aliphatic carbocycles. The van der Waals surface area contributed by atoms with E-state index in [0.29, 0.717) is 22.0 Å².